The van der Waals surface area contributed by atoms with E-state index in [1.165, 1.54) is 11.3 Å². The van der Waals surface area contributed by atoms with Crippen LogP contribution in [-0.4, -0.2) is 21.3 Å². The van der Waals surface area contributed by atoms with Gasteiger partial charge in [-0.1, -0.05) is 40.7 Å². The van der Waals surface area contributed by atoms with E-state index in [1.54, 1.807) is 12.1 Å². The van der Waals surface area contributed by atoms with Crippen molar-refractivity contribution in [2.24, 2.45) is 0 Å². The summed E-state index contributed by atoms with van der Waals surface area (Å²) < 4.78 is 5.56. The van der Waals surface area contributed by atoms with Crippen LogP contribution >= 0.6 is 11.3 Å². The van der Waals surface area contributed by atoms with Crippen molar-refractivity contribution in [3.05, 3.63) is 47.0 Å². The van der Waals surface area contributed by atoms with Gasteiger partial charge in [-0.2, -0.15) is 0 Å². The zero-order valence-corrected chi connectivity index (χ0v) is 11.3. The number of hydrogen-bond acceptors (Lipinski definition) is 5. The highest BCUT2D eigenvalue weighted by Crippen LogP contribution is 2.31. The Labute approximate surface area is 118 Å². The van der Waals surface area contributed by atoms with Gasteiger partial charge in [-0.25, -0.2) is 4.79 Å². The van der Waals surface area contributed by atoms with E-state index in [4.69, 9.17) is 4.74 Å². The van der Waals surface area contributed by atoms with E-state index in [9.17, 15) is 9.90 Å². The maximum atomic E-state index is 11.3. The van der Waals surface area contributed by atoms with Gasteiger partial charge in [0.2, 0.25) is 0 Å². The quantitative estimate of drug-likeness (QED) is 0.798. The predicted molar refractivity (Wildman–Crippen MR) is 75.6 cm³/mol. The van der Waals surface area contributed by atoms with E-state index >= 15 is 0 Å². The van der Waals surface area contributed by atoms with Crippen molar-refractivity contribution < 1.29 is 14.6 Å². The molecule has 20 heavy (non-hydrogen) atoms. The first-order chi connectivity index (χ1) is 9.63. The molecule has 2 aromatic carbocycles. The first-order valence-corrected chi connectivity index (χ1v) is 6.69. The molecule has 0 aliphatic rings. The van der Waals surface area contributed by atoms with Crippen molar-refractivity contribution in [1.82, 2.24) is 10.2 Å². The van der Waals surface area contributed by atoms with Gasteiger partial charge in [0.25, 0.3) is 5.19 Å². The molecular formula is C14H10N2O3S. The number of aryl methyl sites for hydroxylation is 1. The first kappa shape index (κ1) is 12.6. The monoisotopic (exact) mass is 286 g/mol. The Hall–Kier alpha value is -2.47. The van der Waals surface area contributed by atoms with Gasteiger partial charge >= 0.3 is 5.97 Å². The molecule has 0 aliphatic carbocycles. The lowest BCUT2D eigenvalue weighted by atomic mass is 10.1. The highest BCUT2D eigenvalue weighted by atomic mass is 32.1. The summed E-state index contributed by atoms with van der Waals surface area (Å²) in [7, 11) is 0. The Morgan fingerprint density at radius 1 is 1.20 bits per heavy atom. The molecule has 0 amide bonds. The van der Waals surface area contributed by atoms with Crippen molar-refractivity contribution in [1.29, 1.82) is 0 Å². The normalized spacial score (nSPS) is 10.7. The van der Waals surface area contributed by atoms with Crippen LogP contribution in [-0.2, 0) is 0 Å². The van der Waals surface area contributed by atoms with Crippen molar-refractivity contribution in [3.63, 3.8) is 0 Å². The molecule has 0 saturated heterocycles. The second-order valence-corrected chi connectivity index (χ2v) is 5.33. The molecule has 1 heterocycles. The minimum absolute atomic E-state index is 0.108. The number of rotatable bonds is 3. The minimum Gasteiger partial charge on any atom is -0.478 e. The maximum Gasteiger partial charge on any atom is 0.339 e. The molecule has 3 rings (SSSR count). The molecule has 3 aromatic rings. The third-order valence-corrected chi connectivity index (χ3v) is 3.50. The van der Waals surface area contributed by atoms with E-state index in [-0.39, 0.29) is 11.3 Å². The summed E-state index contributed by atoms with van der Waals surface area (Å²) in [5.74, 6) is -0.764. The lowest BCUT2D eigenvalue weighted by Crippen LogP contribution is -2.00. The molecule has 6 heteroatoms. The zero-order valence-electron chi connectivity index (χ0n) is 10.5. The van der Waals surface area contributed by atoms with Crippen molar-refractivity contribution in [2.75, 3.05) is 0 Å². The molecule has 0 spiro atoms. The Morgan fingerprint density at radius 2 is 1.90 bits per heavy atom. The third kappa shape index (κ3) is 2.33. The minimum atomic E-state index is -1.04. The molecular weight excluding hydrogens is 276 g/mol. The van der Waals surface area contributed by atoms with Crippen LogP contribution < -0.4 is 4.74 Å². The Bertz CT molecular complexity index is 798. The van der Waals surface area contributed by atoms with Gasteiger partial charge in [-0.15, -0.1) is 5.10 Å². The molecule has 0 unspecified atom stereocenters. The fraction of sp³-hybridized carbons (Fsp3) is 0.0714. The number of fused-ring (bicyclic) bond motifs is 1. The number of carbonyl (C=O) groups is 1. The van der Waals surface area contributed by atoms with Gasteiger partial charge in [0.1, 0.15) is 16.3 Å². The largest absolute Gasteiger partial charge is 0.478 e. The number of aromatic nitrogens is 2. The number of benzene rings is 2. The van der Waals surface area contributed by atoms with Gasteiger partial charge in [-0.05, 0) is 29.8 Å². The van der Waals surface area contributed by atoms with Crippen LogP contribution in [0.5, 0.6) is 10.9 Å². The van der Waals surface area contributed by atoms with Crippen LogP contribution in [0.25, 0.3) is 10.8 Å². The average molecular weight is 286 g/mol. The van der Waals surface area contributed by atoms with Crippen LogP contribution in [0.1, 0.15) is 15.4 Å². The Balaban J connectivity index is 2.11. The molecule has 0 radical (unpaired) electrons. The fourth-order valence-electron chi connectivity index (χ4n) is 1.88. The van der Waals surface area contributed by atoms with Crippen molar-refractivity contribution >= 4 is 28.1 Å². The number of carboxylic acid groups (broad SMARTS) is 1. The molecule has 0 saturated carbocycles. The van der Waals surface area contributed by atoms with Gasteiger partial charge in [-0.3, -0.25) is 0 Å². The van der Waals surface area contributed by atoms with Gasteiger partial charge in [0.15, 0.2) is 0 Å². The SMILES string of the molecule is Cc1nnc(Oc2cc3ccccc3cc2C(=O)O)s1. The molecule has 0 bridgehead atoms. The molecule has 1 aromatic heterocycles. The summed E-state index contributed by atoms with van der Waals surface area (Å²) in [4.78, 5) is 11.3. The number of nitrogens with zero attached hydrogens (tertiary/aromatic N) is 2. The molecule has 0 atom stereocenters. The summed E-state index contributed by atoms with van der Waals surface area (Å²) in [5, 5.41) is 19.8. The topological polar surface area (TPSA) is 72.3 Å². The average Bonchev–Trinajstić information content (AvgIpc) is 2.83. The maximum absolute atomic E-state index is 11.3. The van der Waals surface area contributed by atoms with Crippen molar-refractivity contribution in [3.8, 4) is 10.9 Å². The number of hydrogen-bond donors (Lipinski definition) is 1. The van der Waals surface area contributed by atoms with E-state index in [0.717, 1.165) is 15.8 Å². The van der Waals surface area contributed by atoms with Gasteiger partial charge in [0, 0.05) is 0 Å². The standard InChI is InChI=1S/C14H10N2O3S/c1-8-15-16-14(20-8)19-12-7-10-5-3-2-4-9(10)6-11(12)13(17)18/h2-7H,1H3,(H,17,18). The second-order valence-electron chi connectivity index (χ2n) is 4.19. The first-order valence-electron chi connectivity index (χ1n) is 5.87. The lowest BCUT2D eigenvalue weighted by Gasteiger charge is -2.07. The summed E-state index contributed by atoms with van der Waals surface area (Å²) in [5.41, 5.74) is 0.108. The predicted octanol–water partition coefficient (Wildman–Crippen LogP) is 3.49. The number of aromatic carboxylic acids is 1. The van der Waals surface area contributed by atoms with Gasteiger partial charge in [0.05, 0.1) is 0 Å². The fourth-order valence-corrected chi connectivity index (χ4v) is 2.43. The number of carboxylic acids is 1. The summed E-state index contributed by atoms with van der Waals surface area (Å²) in [6, 6.07) is 10.8. The van der Waals surface area contributed by atoms with Crippen LogP contribution in [0.15, 0.2) is 36.4 Å². The smallest absolute Gasteiger partial charge is 0.339 e. The molecule has 0 aliphatic heterocycles. The van der Waals surface area contributed by atoms with Crippen LogP contribution in [0.4, 0.5) is 0 Å². The van der Waals surface area contributed by atoms with Crippen LogP contribution in [0, 0.1) is 6.92 Å². The highest BCUT2D eigenvalue weighted by molar-refractivity contribution is 7.13. The second kappa shape index (κ2) is 4.90. The Morgan fingerprint density at radius 3 is 2.50 bits per heavy atom. The zero-order chi connectivity index (χ0) is 14.1. The number of ether oxygens (including phenoxy) is 1. The third-order valence-electron chi connectivity index (χ3n) is 2.78. The lowest BCUT2D eigenvalue weighted by molar-refractivity contribution is 0.0694. The highest BCUT2D eigenvalue weighted by Gasteiger charge is 2.15. The van der Waals surface area contributed by atoms with Crippen LogP contribution in [0.3, 0.4) is 0 Å². The summed E-state index contributed by atoms with van der Waals surface area (Å²) >= 11 is 1.27. The van der Waals surface area contributed by atoms with E-state index in [2.05, 4.69) is 10.2 Å². The van der Waals surface area contributed by atoms with E-state index < -0.39 is 5.97 Å². The van der Waals surface area contributed by atoms with Crippen LogP contribution in [0.2, 0.25) is 0 Å². The molecule has 5 nitrogen and oxygen atoms in total. The van der Waals surface area contributed by atoms with E-state index in [0.29, 0.717) is 5.19 Å². The summed E-state index contributed by atoms with van der Waals surface area (Å²) in [6.45, 7) is 1.81. The van der Waals surface area contributed by atoms with E-state index in [1.807, 2.05) is 31.2 Å². The molecule has 100 valence electrons. The Kier molecular flexibility index (Phi) is 3.08. The summed E-state index contributed by atoms with van der Waals surface area (Å²) in [6.07, 6.45) is 0. The van der Waals surface area contributed by atoms with Crippen molar-refractivity contribution in [2.45, 2.75) is 6.92 Å². The molecule has 0 fully saturated rings. The van der Waals surface area contributed by atoms with Gasteiger partial charge < -0.3 is 9.84 Å². The molecule has 1 N–H and O–H groups in total.